The first kappa shape index (κ1) is 9.01. The van der Waals surface area contributed by atoms with Crippen molar-refractivity contribution >= 4 is 17.4 Å². The molecule has 82 valence electrons. The molecule has 8 nitrogen and oxygen atoms in total. The molecule has 1 aliphatic heterocycles. The van der Waals surface area contributed by atoms with Crippen molar-refractivity contribution in [2.24, 2.45) is 0 Å². The van der Waals surface area contributed by atoms with Crippen molar-refractivity contribution in [3.63, 3.8) is 0 Å². The van der Waals surface area contributed by atoms with Crippen LogP contribution in [0.25, 0.3) is 5.65 Å². The van der Waals surface area contributed by atoms with Crippen LogP contribution in [0.3, 0.4) is 0 Å². The predicted molar refractivity (Wildman–Crippen MR) is 53.6 cm³/mol. The van der Waals surface area contributed by atoms with Crippen LogP contribution in [-0.2, 0) is 4.79 Å². The Kier molecular flexibility index (Phi) is 1.92. The van der Waals surface area contributed by atoms with Gasteiger partial charge in [-0.2, -0.15) is 4.52 Å². The summed E-state index contributed by atoms with van der Waals surface area (Å²) in [5, 5.41) is 17.1. The molecule has 3 rings (SSSR count). The topological polar surface area (TPSA) is 97.1 Å². The van der Waals surface area contributed by atoms with E-state index in [9.17, 15) is 4.79 Å². The third-order valence-electron chi connectivity index (χ3n) is 2.44. The average Bonchev–Trinajstić information content (AvgIpc) is 2.87. The van der Waals surface area contributed by atoms with E-state index in [-0.39, 0.29) is 11.9 Å². The van der Waals surface area contributed by atoms with Crippen molar-refractivity contribution in [2.45, 2.75) is 12.5 Å². The zero-order valence-electron chi connectivity index (χ0n) is 8.29. The highest BCUT2D eigenvalue weighted by atomic mass is 16.1. The minimum absolute atomic E-state index is 0.0503. The minimum atomic E-state index is 0.0503. The second-order valence-corrected chi connectivity index (χ2v) is 3.59. The molecule has 3 heterocycles. The molecule has 8 heteroatoms. The summed E-state index contributed by atoms with van der Waals surface area (Å²) < 4.78 is 1.55. The summed E-state index contributed by atoms with van der Waals surface area (Å²) in [5.41, 5.74) is 0.572. The molecule has 2 N–H and O–H groups in total. The second kappa shape index (κ2) is 3.40. The van der Waals surface area contributed by atoms with E-state index in [1.165, 1.54) is 0 Å². The van der Waals surface area contributed by atoms with Crippen LogP contribution in [0.2, 0.25) is 0 Å². The van der Waals surface area contributed by atoms with Gasteiger partial charge in [-0.1, -0.05) is 0 Å². The van der Waals surface area contributed by atoms with Crippen LogP contribution in [0.4, 0.5) is 5.82 Å². The first-order valence-electron chi connectivity index (χ1n) is 4.88. The molecule has 0 bridgehead atoms. The number of rotatable bonds is 2. The number of hydrogen-bond acceptors (Lipinski definition) is 6. The molecule has 0 spiro atoms. The van der Waals surface area contributed by atoms with Gasteiger partial charge in [0, 0.05) is 13.0 Å². The molecule has 0 aromatic carbocycles. The molecule has 1 aliphatic rings. The Morgan fingerprint density at radius 3 is 3.25 bits per heavy atom. The summed E-state index contributed by atoms with van der Waals surface area (Å²) in [6.45, 7) is 0.608. The molecule has 1 atom stereocenters. The average molecular weight is 219 g/mol. The monoisotopic (exact) mass is 219 g/mol. The van der Waals surface area contributed by atoms with Gasteiger partial charge in [0.25, 0.3) is 0 Å². The van der Waals surface area contributed by atoms with Gasteiger partial charge in [0.1, 0.15) is 0 Å². The summed E-state index contributed by atoms with van der Waals surface area (Å²) in [5.74, 6) is 0.735. The smallest absolute Gasteiger partial charge is 0.222 e. The van der Waals surface area contributed by atoms with Crippen LogP contribution >= 0.6 is 0 Å². The highest BCUT2D eigenvalue weighted by molar-refractivity contribution is 5.79. The van der Waals surface area contributed by atoms with Crippen molar-refractivity contribution in [1.82, 2.24) is 30.3 Å². The molecule has 2 aromatic heterocycles. The van der Waals surface area contributed by atoms with E-state index < -0.39 is 0 Å². The number of carbonyl (C=O) groups is 1. The van der Waals surface area contributed by atoms with Crippen LogP contribution in [0.5, 0.6) is 0 Å². The molecule has 1 unspecified atom stereocenters. The SMILES string of the molecule is O=C1CC(Nc2cncc3nnnn23)CN1. The Bertz CT molecular complexity index is 536. The van der Waals surface area contributed by atoms with Gasteiger partial charge in [0.15, 0.2) is 11.5 Å². The number of amides is 1. The van der Waals surface area contributed by atoms with E-state index in [0.29, 0.717) is 24.4 Å². The summed E-state index contributed by atoms with van der Waals surface area (Å²) >= 11 is 0. The Balaban J connectivity index is 1.88. The molecule has 1 saturated heterocycles. The number of fused-ring (bicyclic) bond motifs is 1. The zero-order valence-corrected chi connectivity index (χ0v) is 8.29. The molecular formula is C8H9N7O. The van der Waals surface area contributed by atoms with Crippen molar-refractivity contribution in [3.05, 3.63) is 12.4 Å². The van der Waals surface area contributed by atoms with Gasteiger partial charge in [-0.05, 0) is 10.4 Å². The van der Waals surface area contributed by atoms with Gasteiger partial charge in [0.05, 0.1) is 18.4 Å². The molecular weight excluding hydrogens is 210 g/mol. The predicted octanol–water partition coefficient (Wildman–Crippen LogP) is -1.18. The molecule has 16 heavy (non-hydrogen) atoms. The highest BCUT2D eigenvalue weighted by Crippen LogP contribution is 2.10. The lowest BCUT2D eigenvalue weighted by molar-refractivity contribution is -0.119. The standard InChI is InChI=1S/C8H9N7O/c16-8-1-5(2-10-8)11-6-3-9-4-7-12-13-14-15(6)7/h3-5,11H,1-2H2,(H,10,16). The van der Waals surface area contributed by atoms with Crippen molar-refractivity contribution in [3.8, 4) is 0 Å². The summed E-state index contributed by atoms with van der Waals surface area (Å²) in [6.07, 6.45) is 3.66. The fourth-order valence-corrected chi connectivity index (χ4v) is 1.69. The number of carbonyl (C=O) groups excluding carboxylic acids is 1. The molecule has 1 fully saturated rings. The van der Waals surface area contributed by atoms with Crippen molar-refractivity contribution < 1.29 is 4.79 Å². The van der Waals surface area contributed by atoms with E-state index in [0.717, 1.165) is 0 Å². The maximum atomic E-state index is 11.0. The highest BCUT2D eigenvalue weighted by Gasteiger charge is 2.21. The third kappa shape index (κ3) is 1.44. The van der Waals surface area contributed by atoms with Gasteiger partial charge >= 0.3 is 0 Å². The number of nitrogens with zero attached hydrogens (tertiary/aromatic N) is 5. The van der Waals surface area contributed by atoms with E-state index >= 15 is 0 Å². The van der Waals surface area contributed by atoms with Gasteiger partial charge in [0.2, 0.25) is 5.91 Å². The molecule has 2 aromatic rings. The summed E-state index contributed by atoms with van der Waals surface area (Å²) in [6, 6.07) is 0.0594. The molecule has 0 saturated carbocycles. The first-order valence-corrected chi connectivity index (χ1v) is 4.88. The van der Waals surface area contributed by atoms with E-state index in [4.69, 9.17) is 0 Å². The summed E-state index contributed by atoms with van der Waals surface area (Å²) in [7, 11) is 0. The number of tetrazole rings is 1. The van der Waals surface area contributed by atoms with Gasteiger partial charge in [-0.15, -0.1) is 5.10 Å². The first-order chi connectivity index (χ1) is 7.83. The molecule has 0 radical (unpaired) electrons. The Labute approximate surface area is 90.0 Å². The Hall–Kier alpha value is -2.25. The third-order valence-corrected chi connectivity index (χ3v) is 2.44. The number of anilines is 1. The largest absolute Gasteiger partial charge is 0.364 e. The zero-order chi connectivity index (χ0) is 11.0. The lowest BCUT2D eigenvalue weighted by Crippen LogP contribution is -2.23. The molecule has 0 aliphatic carbocycles. The maximum absolute atomic E-state index is 11.0. The van der Waals surface area contributed by atoms with Crippen LogP contribution in [0.15, 0.2) is 12.4 Å². The van der Waals surface area contributed by atoms with Crippen molar-refractivity contribution in [2.75, 3.05) is 11.9 Å². The van der Waals surface area contributed by atoms with Crippen LogP contribution in [0.1, 0.15) is 6.42 Å². The second-order valence-electron chi connectivity index (χ2n) is 3.59. The van der Waals surface area contributed by atoms with E-state index in [1.807, 2.05) is 0 Å². The lowest BCUT2D eigenvalue weighted by Gasteiger charge is -2.11. The minimum Gasteiger partial charge on any atom is -0.364 e. The fourth-order valence-electron chi connectivity index (χ4n) is 1.69. The Morgan fingerprint density at radius 1 is 1.50 bits per heavy atom. The number of aromatic nitrogens is 5. The van der Waals surface area contributed by atoms with E-state index in [1.54, 1.807) is 16.9 Å². The quantitative estimate of drug-likeness (QED) is 0.659. The van der Waals surface area contributed by atoms with Gasteiger partial charge < -0.3 is 10.6 Å². The fraction of sp³-hybridized carbons (Fsp3) is 0.375. The number of nitrogens with one attached hydrogen (secondary N) is 2. The van der Waals surface area contributed by atoms with Gasteiger partial charge in [-0.25, -0.2) is 0 Å². The molecule has 1 amide bonds. The maximum Gasteiger partial charge on any atom is 0.222 e. The van der Waals surface area contributed by atoms with Gasteiger partial charge in [-0.3, -0.25) is 9.78 Å². The van der Waals surface area contributed by atoms with Crippen LogP contribution in [0, 0.1) is 0 Å². The Morgan fingerprint density at radius 2 is 2.44 bits per heavy atom. The van der Waals surface area contributed by atoms with Crippen molar-refractivity contribution in [1.29, 1.82) is 0 Å². The van der Waals surface area contributed by atoms with Crippen LogP contribution < -0.4 is 10.6 Å². The number of hydrogen-bond donors (Lipinski definition) is 2. The van der Waals surface area contributed by atoms with Crippen LogP contribution in [-0.4, -0.2) is 43.5 Å². The summed E-state index contributed by atoms with van der Waals surface area (Å²) in [4.78, 5) is 15.1. The van der Waals surface area contributed by atoms with E-state index in [2.05, 4.69) is 31.1 Å². The normalized spacial score (nSPS) is 20.0. The lowest BCUT2D eigenvalue weighted by atomic mass is 10.2.